The van der Waals surface area contributed by atoms with Crippen LogP contribution >= 0.6 is 0 Å². The molecule has 1 aliphatic carbocycles. The summed E-state index contributed by atoms with van der Waals surface area (Å²) in [5.74, 6) is 0.968. The van der Waals surface area contributed by atoms with Crippen molar-refractivity contribution in [2.24, 2.45) is 5.92 Å². The quantitative estimate of drug-likeness (QED) is 0.646. The number of methoxy groups -OCH3 is 1. The second-order valence-electron chi connectivity index (χ2n) is 3.80. The first-order chi connectivity index (χ1) is 5.40. The Morgan fingerprint density at radius 1 is 1.36 bits per heavy atom. The van der Waals surface area contributed by atoms with Crippen molar-refractivity contribution < 1.29 is 4.74 Å². The molecular formula is C9H17NO. The molecule has 64 valence electrons. The van der Waals surface area contributed by atoms with Gasteiger partial charge in [-0.25, -0.2) is 0 Å². The second kappa shape index (κ2) is 3.11. The fraction of sp³-hybridized carbons (Fsp3) is 1.00. The first-order valence-electron chi connectivity index (χ1n) is 4.66. The minimum Gasteiger partial charge on any atom is -0.380 e. The van der Waals surface area contributed by atoms with Gasteiger partial charge in [0, 0.05) is 19.7 Å². The monoisotopic (exact) mass is 155 g/mol. The first kappa shape index (κ1) is 7.56. The van der Waals surface area contributed by atoms with Crippen LogP contribution in [0.3, 0.4) is 0 Å². The third-order valence-corrected chi connectivity index (χ3v) is 3.18. The maximum Gasteiger partial charge on any atom is 0.0710 e. The fourth-order valence-corrected chi connectivity index (χ4v) is 2.11. The fourth-order valence-electron chi connectivity index (χ4n) is 2.11. The molecule has 2 atom stereocenters. The summed E-state index contributed by atoms with van der Waals surface area (Å²) in [4.78, 5) is 0. The van der Waals surface area contributed by atoms with Gasteiger partial charge in [0.05, 0.1) is 6.10 Å². The van der Waals surface area contributed by atoms with Gasteiger partial charge in [-0.2, -0.15) is 0 Å². The van der Waals surface area contributed by atoms with Crippen molar-refractivity contribution in [2.75, 3.05) is 13.7 Å². The third kappa shape index (κ3) is 1.42. The summed E-state index contributed by atoms with van der Waals surface area (Å²) in [5.41, 5.74) is 0. The highest BCUT2D eigenvalue weighted by Crippen LogP contribution is 2.33. The van der Waals surface area contributed by atoms with Crippen LogP contribution < -0.4 is 5.32 Å². The van der Waals surface area contributed by atoms with Crippen molar-refractivity contribution in [2.45, 2.75) is 37.8 Å². The van der Waals surface area contributed by atoms with Gasteiger partial charge in [0.2, 0.25) is 0 Å². The summed E-state index contributed by atoms with van der Waals surface area (Å²) in [5, 5.41) is 3.53. The molecule has 2 unspecified atom stereocenters. The van der Waals surface area contributed by atoms with Gasteiger partial charge in [-0.05, 0) is 25.2 Å². The molecule has 2 fully saturated rings. The number of nitrogens with one attached hydrogen (secondary N) is 1. The largest absolute Gasteiger partial charge is 0.380 e. The van der Waals surface area contributed by atoms with Crippen LogP contribution in [0, 0.1) is 5.92 Å². The van der Waals surface area contributed by atoms with Crippen LogP contribution in [-0.2, 0) is 4.74 Å². The van der Waals surface area contributed by atoms with Gasteiger partial charge in [0.25, 0.3) is 0 Å². The van der Waals surface area contributed by atoms with E-state index in [1.54, 1.807) is 0 Å². The van der Waals surface area contributed by atoms with Crippen LogP contribution in [0.4, 0.5) is 0 Å². The molecule has 2 nitrogen and oxygen atoms in total. The zero-order valence-electron chi connectivity index (χ0n) is 7.18. The number of hydrogen-bond donors (Lipinski definition) is 1. The standard InChI is InChI=1S/C9H17NO/c1-11-8-5-9(10-6-8)7-3-2-4-7/h7-10H,2-6H2,1H3. The van der Waals surface area contributed by atoms with Crippen molar-refractivity contribution in [3.63, 3.8) is 0 Å². The summed E-state index contributed by atoms with van der Waals surface area (Å²) in [6, 6.07) is 0.772. The summed E-state index contributed by atoms with van der Waals surface area (Å²) < 4.78 is 5.30. The molecule has 2 heteroatoms. The second-order valence-corrected chi connectivity index (χ2v) is 3.80. The van der Waals surface area contributed by atoms with Gasteiger partial charge < -0.3 is 10.1 Å². The van der Waals surface area contributed by atoms with Crippen LogP contribution in [0.1, 0.15) is 25.7 Å². The maximum atomic E-state index is 5.30. The number of rotatable bonds is 2. The van der Waals surface area contributed by atoms with Crippen LogP contribution in [0.5, 0.6) is 0 Å². The Balaban J connectivity index is 1.79. The highest BCUT2D eigenvalue weighted by molar-refractivity contribution is 4.90. The smallest absolute Gasteiger partial charge is 0.0710 e. The predicted octanol–water partition coefficient (Wildman–Crippen LogP) is 1.16. The molecule has 0 bridgehead atoms. The molecule has 1 aliphatic heterocycles. The minimum atomic E-state index is 0.487. The van der Waals surface area contributed by atoms with Gasteiger partial charge in [-0.15, -0.1) is 0 Å². The Morgan fingerprint density at radius 2 is 2.18 bits per heavy atom. The lowest BCUT2D eigenvalue weighted by atomic mass is 9.79. The Kier molecular flexibility index (Phi) is 2.14. The number of ether oxygens (including phenoxy) is 1. The average Bonchev–Trinajstić information content (AvgIpc) is 2.32. The molecule has 0 aromatic heterocycles. The third-order valence-electron chi connectivity index (χ3n) is 3.18. The molecule has 0 amide bonds. The number of hydrogen-bond acceptors (Lipinski definition) is 2. The van der Waals surface area contributed by atoms with Gasteiger partial charge >= 0.3 is 0 Å². The van der Waals surface area contributed by atoms with Crippen LogP contribution in [0.25, 0.3) is 0 Å². The average molecular weight is 155 g/mol. The maximum absolute atomic E-state index is 5.30. The Morgan fingerprint density at radius 3 is 2.64 bits per heavy atom. The van der Waals surface area contributed by atoms with Gasteiger partial charge in [-0.3, -0.25) is 0 Å². The van der Waals surface area contributed by atoms with Crippen molar-refractivity contribution in [1.29, 1.82) is 0 Å². The highest BCUT2D eigenvalue weighted by Gasteiger charge is 2.33. The van der Waals surface area contributed by atoms with E-state index in [1.807, 2.05) is 7.11 Å². The molecule has 1 saturated carbocycles. The van der Waals surface area contributed by atoms with E-state index in [0.29, 0.717) is 6.10 Å². The molecule has 11 heavy (non-hydrogen) atoms. The van der Waals surface area contributed by atoms with Crippen molar-refractivity contribution in [1.82, 2.24) is 5.32 Å². The summed E-state index contributed by atoms with van der Waals surface area (Å²) in [7, 11) is 1.81. The van der Waals surface area contributed by atoms with E-state index in [1.165, 1.54) is 25.7 Å². The van der Waals surface area contributed by atoms with Gasteiger partial charge in [-0.1, -0.05) is 6.42 Å². The van der Waals surface area contributed by atoms with Gasteiger partial charge in [0.1, 0.15) is 0 Å². The highest BCUT2D eigenvalue weighted by atomic mass is 16.5. The molecule has 0 radical (unpaired) electrons. The van der Waals surface area contributed by atoms with Gasteiger partial charge in [0.15, 0.2) is 0 Å². The Hall–Kier alpha value is -0.0800. The predicted molar refractivity (Wildman–Crippen MR) is 44.5 cm³/mol. The lowest BCUT2D eigenvalue weighted by Crippen LogP contribution is -2.34. The van der Waals surface area contributed by atoms with Crippen molar-refractivity contribution in [3.05, 3.63) is 0 Å². The van der Waals surface area contributed by atoms with E-state index >= 15 is 0 Å². The molecule has 2 aliphatic rings. The molecular weight excluding hydrogens is 138 g/mol. The lowest BCUT2D eigenvalue weighted by Gasteiger charge is -2.31. The van der Waals surface area contributed by atoms with E-state index in [4.69, 9.17) is 4.74 Å². The summed E-state index contributed by atoms with van der Waals surface area (Å²) >= 11 is 0. The topological polar surface area (TPSA) is 21.3 Å². The Labute approximate surface area is 68.3 Å². The summed E-state index contributed by atoms with van der Waals surface area (Å²) in [6.07, 6.45) is 6.05. The lowest BCUT2D eigenvalue weighted by molar-refractivity contribution is 0.112. The zero-order valence-corrected chi connectivity index (χ0v) is 7.18. The van der Waals surface area contributed by atoms with Crippen molar-refractivity contribution >= 4 is 0 Å². The van der Waals surface area contributed by atoms with Crippen LogP contribution in [-0.4, -0.2) is 25.8 Å². The van der Waals surface area contributed by atoms with E-state index in [9.17, 15) is 0 Å². The molecule has 0 spiro atoms. The van der Waals surface area contributed by atoms with E-state index in [0.717, 1.165) is 18.5 Å². The molecule has 0 aromatic rings. The van der Waals surface area contributed by atoms with E-state index in [2.05, 4.69) is 5.32 Å². The van der Waals surface area contributed by atoms with Crippen LogP contribution in [0.2, 0.25) is 0 Å². The summed E-state index contributed by atoms with van der Waals surface area (Å²) in [6.45, 7) is 1.07. The Bertz CT molecular complexity index is 134. The SMILES string of the molecule is COC1CNC(C2CCC2)C1. The molecule has 1 N–H and O–H groups in total. The normalized spacial score (nSPS) is 39.0. The zero-order chi connectivity index (χ0) is 7.68. The first-order valence-corrected chi connectivity index (χ1v) is 4.66. The van der Waals surface area contributed by atoms with Crippen LogP contribution in [0.15, 0.2) is 0 Å². The van der Waals surface area contributed by atoms with E-state index < -0.39 is 0 Å². The molecule has 1 saturated heterocycles. The minimum absolute atomic E-state index is 0.487. The molecule has 2 rings (SSSR count). The van der Waals surface area contributed by atoms with Crippen molar-refractivity contribution in [3.8, 4) is 0 Å². The molecule has 0 aromatic carbocycles. The van der Waals surface area contributed by atoms with E-state index in [-0.39, 0.29) is 0 Å². The molecule has 1 heterocycles.